The van der Waals surface area contributed by atoms with Gasteiger partial charge in [0.2, 0.25) is 0 Å². The molecule has 1 saturated heterocycles. The first-order valence-electron chi connectivity index (χ1n) is 12.0. The molecular weight excluding hydrogens is 459 g/mol. The zero-order valence-corrected chi connectivity index (χ0v) is 19.9. The maximum absolute atomic E-state index is 13.6. The van der Waals surface area contributed by atoms with E-state index in [1.54, 1.807) is 18.2 Å². The molecule has 2 aliphatic rings. The number of carbonyl (C=O) groups is 1. The molecule has 0 bridgehead atoms. The van der Waals surface area contributed by atoms with Gasteiger partial charge in [-0.15, -0.1) is 0 Å². The number of carbonyl (C=O) groups excluding carboxylic acids is 1. The molecule has 7 nitrogen and oxygen atoms in total. The number of benzene rings is 2. The molecular formula is C28H27FN4O3. The van der Waals surface area contributed by atoms with Crippen LogP contribution in [0.2, 0.25) is 0 Å². The average molecular weight is 487 g/mol. The van der Waals surface area contributed by atoms with E-state index in [4.69, 9.17) is 4.74 Å². The molecule has 4 aromatic rings. The highest BCUT2D eigenvalue weighted by molar-refractivity contribution is 5.96. The second kappa shape index (κ2) is 8.72. The predicted octanol–water partition coefficient (Wildman–Crippen LogP) is 3.65. The lowest BCUT2D eigenvalue weighted by Crippen LogP contribution is -2.66. The number of amides is 1. The number of hydrogen-bond acceptors (Lipinski definition) is 5. The number of halogens is 1. The van der Waals surface area contributed by atoms with Crippen molar-refractivity contribution in [1.82, 2.24) is 19.8 Å². The van der Waals surface area contributed by atoms with Gasteiger partial charge < -0.3 is 19.7 Å². The summed E-state index contributed by atoms with van der Waals surface area (Å²) in [5.74, 6) is 0.125. The van der Waals surface area contributed by atoms with E-state index in [-0.39, 0.29) is 17.9 Å². The number of aliphatic hydroxyl groups excluding tert-OH is 1. The summed E-state index contributed by atoms with van der Waals surface area (Å²) in [7, 11) is 1.63. The number of nitrogens with one attached hydrogen (secondary N) is 1. The van der Waals surface area contributed by atoms with Gasteiger partial charge in [-0.25, -0.2) is 4.39 Å². The lowest BCUT2D eigenvalue weighted by Gasteiger charge is -2.56. The number of aliphatic hydroxyl groups is 1. The van der Waals surface area contributed by atoms with Crippen LogP contribution in [0.3, 0.4) is 0 Å². The summed E-state index contributed by atoms with van der Waals surface area (Å²) >= 11 is 0. The minimum atomic E-state index is -0.533. The predicted molar refractivity (Wildman–Crippen MR) is 133 cm³/mol. The Morgan fingerprint density at radius 3 is 2.69 bits per heavy atom. The molecule has 8 heteroatoms. The third kappa shape index (κ3) is 3.65. The Morgan fingerprint density at radius 2 is 2.00 bits per heavy atom. The highest BCUT2D eigenvalue weighted by Crippen LogP contribution is 2.49. The third-order valence-electron chi connectivity index (χ3n) is 7.45. The topological polar surface area (TPSA) is 81.7 Å². The molecule has 1 spiro atoms. The van der Waals surface area contributed by atoms with Crippen LogP contribution in [-0.2, 0) is 12.0 Å². The van der Waals surface area contributed by atoms with Crippen molar-refractivity contribution >= 4 is 16.8 Å². The maximum atomic E-state index is 13.6. The number of aromatic nitrogens is 2. The second-order valence-corrected chi connectivity index (χ2v) is 9.75. The molecule has 0 saturated carbocycles. The number of aromatic amines is 1. The Morgan fingerprint density at radius 1 is 1.19 bits per heavy atom. The lowest BCUT2D eigenvalue weighted by molar-refractivity contribution is -0.00405. The van der Waals surface area contributed by atoms with E-state index < -0.39 is 11.9 Å². The second-order valence-electron chi connectivity index (χ2n) is 9.75. The first-order chi connectivity index (χ1) is 17.5. The number of H-pyrrole nitrogens is 1. The van der Waals surface area contributed by atoms with Crippen LogP contribution in [0.4, 0.5) is 4.39 Å². The van der Waals surface area contributed by atoms with Gasteiger partial charge in [-0.3, -0.25) is 14.7 Å². The summed E-state index contributed by atoms with van der Waals surface area (Å²) in [6.07, 6.45) is 3.64. The average Bonchev–Trinajstić information content (AvgIpc) is 3.27. The molecule has 2 N–H and O–H groups in total. The molecule has 2 aromatic heterocycles. The van der Waals surface area contributed by atoms with E-state index in [2.05, 4.69) is 27.0 Å². The zero-order chi connectivity index (χ0) is 24.9. The molecule has 2 aromatic carbocycles. The van der Waals surface area contributed by atoms with E-state index >= 15 is 0 Å². The van der Waals surface area contributed by atoms with Crippen LogP contribution in [0.25, 0.3) is 10.9 Å². The Bertz CT molecular complexity index is 1410. The number of likely N-dealkylation sites (tertiary alicyclic amines) is 1. The molecule has 0 radical (unpaired) electrons. The fourth-order valence-corrected chi connectivity index (χ4v) is 5.91. The number of hydrogen-bond donors (Lipinski definition) is 2. The molecule has 36 heavy (non-hydrogen) atoms. The van der Waals surface area contributed by atoms with Crippen molar-refractivity contribution in [2.75, 3.05) is 33.4 Å². The summed E-state index contributed by atoms with van der Waals surface area (Å²) < 4.78 is 19.0. The monoisotopic (exact) mass is 486 g/mol. The molecule has 6 rings (SSSR count). The first-order valence-corrected chi connectivity index (χ1v) is 12.0. The van der Waals surface area contributed by atoms with Crippen molar-refractivity contribution in [3.8, 4) is 5.75 Å². The first kappa shape index (κ1) is 22.7. The van der Waals surface area contributed by atoms with Crippen LogP contribution >= 0.6 is 0 Å². The van der Waals surface area contributed by atoms with Gasteiger partial charge >= 0.3 is 0 Å². The fourth-order valence-electron chi connectivity index (χ4n) is 5.91. The summed E-state index contributed by atoms with van der Waals surface area (Å²) in [4.78, 5) is 25.5. The van der Waals surface area contributed by atoms with E-state index in [0.29, 0.717) is 12.1 Å². The van der Waals surface area contributed by atoms with E-state index in [0.717, 1.165) is 53.1 Å². The highest BCUT2D eigenvalue weighted by Gasteiger charge is 2.53. The third-order valence-corrected chi connectivity index (χ3v) is 7.45. The van der Waals surface area contributed by atoms with Gasteiger partial charge in [-0.2, -0.15) is 0 Å². The number of ether oxygens (including phenoxy) is 1. The van der Waals surface area contributed by atoms with Crippen molar-refractivity contribution in [2.24, 2.45) is 0 Å². The van der Waals surface area contributed by atoms with Crippen LogP contribution < -0.4 is 4.74 Å². The van der Waals surface area contributed by atoms with Crippen molar-refractivity contribution in [2.45, 2.75) is 18.0 Å². The number of rotatable bonds is 5. The fraction of sp³-hybridized carbons (Fsp3) is 0.286. The van der Waals surface area contributed by atoms with Gasteiger partial charge in [-0.1, -0.05) is 6.07 Å². The molecule has 0 aliphatic carbocycles. The maximum Gasteiger partial charge on any atom is 0.254 e. The normalized spacial score (nSPS) is 18.8. The van der Waals surface area contributed by atoms with Crippen molar-refractivity contribution in [3.63, 3.8) is 0 Å². The van der Waals surface area contributed by atoms with Gasteiger partial charge in [0.1, 0.15) is 11.6 Å². The summed E-state index contributed by atoms with van der Waals surface area (Å²) in [5, 5.41) is 11.5. The van der Waals surface area contributed by atoms with Gasteiger partial charge in [0.05, 0.1) is 19.8 Å². The Balaban J connectivity index is 1.42. The lowest BCUT2D eigenvalue weighted by atomic mass is 9.68. The van der Waals surface area contributed by atoms with Crippen LogP contribution in [-0.4, -0.2) is 64.1 Å². The minimum absolute atomic E-state index is 0.221. The standard InChI is InChI=1S/C28H27FN4O3/c1-36-21-8-9-22-23(11-21)31-26-24(14-34)33(27(35)19-4-6-20(29)7-5-19)17-28(25(22)26)15-32(16-28)13-18-3-2-10-30-12-18/h2-12,24,31,34H,13-17H2,1H3/t24-/m0/s1. The van der Waals surface area contributed by atoms with Crippen molar-refractivity contribution in [1.29, 1.82) is 0 Å². The SMILES string of the molecule is COc1ccc2c3c([nH]c2c1)[C@H](CO)N(C(=O)c1ccc(F)cc1)CC31CN(Cc2cccnc2)C1. The van der Waals surface area contributed by atoms with Gasteiger partial charge in [-0.05, 0) is 53.6 Å². The number of methoxy groups -OCH3 is 1. The van der Waals surface area contributed by atoms with Gasteiger partial charge in [0.15, 0.2) is 0 Å². The number of pyridine rings is 1. The van der Waals surface area contributed by atoms with Crippen molar-refractivity contribution in [3.05, 3.63) is 95.2 Å². The number of nitrogens with zero attached hydrogens (tertiary/aromatic N) is 3. The van der Waals surface area contributed by atoms with Crippen molar-refractivity contribution < 1.29 is 19.0 Å². The van der Waals surface area contributed by atoms with Crippen LogP contribution in [0.5, 0.6) is 5.75 Å². The largest absolute Gasteiger partial charge is 0.497 e. The van der Waals surface area contributed by atoms with Crippen LogP contribution in [0.15, 0.2) is 67.0 Å². The minimum Gasteiger partial charge on any atom is -0.497 e. The summed E-state index contributed by atoms with van der Waals surface area (Å²) in [5.41, 5.74) is 4.16. The van der Waals surface area contributed by atoms with Gasteiger partial charge in [0.25, 0.3) is 5.91 Å². The van der Waals surface area contributed by atoms with E-state index in [1.165, 1.54) is 24.3 Å². The molecule has 184 valence electrons. The Hall–Kier alpha value is -3.75. The highest BCUT2D eigenvalue weighted by atomic mass is 19.1. The molecule has 1 fully saturated rings. The van der Waals surface area contributed by atoms with E-state index in [9.17, 15) is 14.3 Å². The van der Waals surface area contributed by atoms with Crippen LogP contribution in [0, 0.1) is 5.82 Å². The molecule has 2 aliphatic heterocycles. The Kier molecular flexibility index (Phi) is 5.50. The van der Waals surface area contributed by atoms with Gasteiger partial charge in [0, 0.05) is 72.2 Å². The summed E-state index contributed by atoms with van der Waals surface area (Å²) in [6.45, 7) is 2.54. The smallest absolute Gasteiger partial charge is 0.254 e. The zero-order valence-electron chi connectivity index (χ0n) is 19.9. The van der Waals surface area contributed by atoms with Crippen LogP contribution in [0.1, 0.15) is 33.2 Å². The molecule has 1 amide bonds. The van der Waals surface area contributed by atoms with E-state index in [1.807, 2.05) is 24.4 Å². The summed E-state index contributed by atoms with van der Waals surface area (Å²) in [6, 6.07) is 15.0. The molecule has 0 unspecified atom stereocenters. The quantitative estimate of drug-likeness (QED) is 0.450. The Labute approximate surface area is 208 Å². The molecule has 4 heterocycles. The number of fused-ring (bicyclic) bond motifs is 4. The molecule has 1 atom stereocenters.